The first-order chi connectivity index (χ1) is 8.06. The van der Waals surface area contributed by atoms with Crippen molar-refractivity contribution < 1.29 is 9.53 Å². The Kier molecular flexibility index (Phi) is 3.76. The molecule has 2 rings (SSSR count). The molecule has 1 saturated heterocycles. The molecule has 3 N–H and O–H groups in total. The highest BCUT2D eigenvalue weighted by molar-refractivity contribution is 7.13. The molecule has 0 aliphatic carbocycles. The van der Waals surface area contributed by atoms with Crippen LogP contribution in [0.1, 0.15) is 32.0 Å². The summed E-state index contributed by atoms with van der Waals surface area (Å²) in [5, 5.41) is 5.29. The van der Waals surface area contributed by atoms with Gasteiger partial charge in [0.05, 0.1) is 24.3 Å². The second kappa shape index (κ2) is 5.12. The van der Waals surface area contributed by atoms with Crippen LogP contribution in [-0.4, -0.2) is 23.6 Å². The van der Waals surface area contributed by atoms with Crippen LogP contribution in [0.25, 0.3) is 0 Å². The van der Waals surface area contributed by atoms with Crippen LogP contribution in [0.3, 0.4) is 0 Å². The molecule has 0 spiro atoms. The minimum Gasteiger partial charge on any atom is -0.378 e. The van der Waals surface area contributed by atoms with Gasteiger partial charge in [0, 0.05) is 11.4 Å². The van der Waals surface area contributed by atoms with Crippen LogP contribution >= 0.6 is 11.3 Å². The van der Waals surface area contributed by atoms with E-state index in [2.05, 4.69) is 10.3 Å². The number of anilines is 1. The normalized spacial score (nSPS) is 25.8. The van der Waals surface area contributed by atoms with Gasteiger partial charge >= 0.3 is 0 Å². The van der Waals surface area contributed by atoms with E-state index in [1.54, 1.807) is 0 Å². The Morgan fingerprint density at radius 3 is 3.06 bits per heavy atom. The molecule has 1 aromatic rings. The summed E-state index contributed by atoms with van der Waals surface area (Å²) in [7, 11) is 0. The molecule has 0 bridgehead atoms. The van der Waals surface area contributed by atoms with Crippen molar-refractivity contribution in [1.82, 2.24) is 4.98 Å². The fourth-order valence-corrected chi connectivity index (χ4v) is 2.58. The molecule has 3 atom stereocenters. The number of hydrogen-bond acceptors (Lipinski definition) is 5. The summed E-state index contributed by atoms with van der Waals surface area (Å²) in [6, 6.07) is -0.105. The van der Waals surface area contributed by atoms with Gasteiger partial charge in [-0.05, 0) is 20.3 Å². The first-order valence-electron chi connectivity index (χ1n) is 5.69. The summed E-state index contributed by atoms with van der Waals surface area (Å²) in [4.78, 5) is 16.1. The van der Waals surface area contributed by atoms with E-state index >= 15 is 0 Å². The fraction of sp³-hybridized carbons (Fsp3) is 0.636. The summed E-state index contributed by atoms with van der Waals surface area (Å²) in [5.41, 5.74) is 6.52. The van der Waals surface area contributed by atoms with Crippen LogP contribution in [0, 0.1) is 5.92 Å². The molecule has 0 radical (unpaired) electrons. The summed E-state index contributed by atoms with van der Waals surface area (Å²) < 4.78 is 5.37. The Morgan fingerprint density at radius 2 is 2.53 bits per heavy atom. The second-order valence-corrected chi connectivity index (χ2v) is 5.29. The lowest BCUT2D eigenvalue weighted by atomic mass is 10.1. The third-order valence-electron chi connectivity index (χ3n) is 2.79. The number of carbonyl (C=O) groups excluding carboxylic acids is 1. The molecular formula is C11H17N3O2S. The number of ether oxygens (including phenoxy) is 1. The first-order valence-corrected chi connectivity index (χ1v) is 6.57. The smallest absolute Gasteiger partial charge is 0.231 e. The van der Waals surface area contributed by atoms with Gasteiger partial charge in [-0.2, -0.15) is 0 Å². The number of thiazole rings is 1. The SMILES string of the molecule is CC1CC(C(=O)Nc2nc(C(C)N)cs2)CO1. The molecule has 1 aliphatic rings. The number of nitrogens with two attached hydrogens (primary N) is 1. The largest absolute Gasteiger partial charge is 0.378 e. The van der Waals surface area contributed by atoms with Gasteiger partial charge in [-0.1, -0.05) is 0 Å². The van der Waals surface area contributed by atoms with Gasteiger partial charge < -0.3 is 15.8 Å². The predicted molar refractivity (Wildman–Crippen MR) is 66.9 cm³/mol. The van der Waals surface area contributed by atoms with E-state index < -0.39 is 0 Å². The molecular weight excluding hydrogens is 238 g/mol. The number of rotatable bonds is 3. The quantitative estimate of drug-likeness (QED) is 0.858. The lowest BCUT2D eigenvalue weighted by Gasteiger charge is -2.06. The zero-order chi connectivity index (χ0) is 12.4. The summed E-state index contributed by atoms with van der Waals surface area (Å²) in [6.45, 7) is 4.34. The Morgan fingerprint density at radius 1 is 1.76 bits per heavy atom. The minimum atomic E-state index is -0.105. The van der Waals surface area contributed by atoms with Gasteiger partial charge in [-0.3, -0.25) is 4.79 Å². The van der Waals surface area contributed by atoms with E-state index in [-0.39, 0.29) is 24.0 Å². The molecule has 5 nitrogen and oxygen atoms in total. The van der Waals surface area contributed by atoms with Crippen LogP contribution < -0.4 is 11.1 Å². The van der Waals surface area contributed by atoms with E-state index in [1.807, 2.05) is 19.2 Å². The number of aromatic nitrogens is 1. The Hall–Kier alpha value is -0.980. The summed E-state index contributed by atoms with van der Waals surface area (Å²) >= 11 is 1.40. The topological polar surface area (TPSA) is 77.2 Å². The van der Waals surface area contributed by atoms with Crippen LogP contribution in [0.4, 0.5) is 5.13 Å². The molecule has 1 amide bonds. The minimum absolute atomic E-state index is 0.0140. The van der Waals surface area contributed by atoms with Crippen LogP contribution in [0.5, 0.6) is 0 Å². The molecule has 0 aromatic carbocycles. The van der Waals surface area contributed by atoms with Gasteiger partial charge in [-0.15, -0.1) is 11.3 Å². The van der Waals surface area contributed by atoms with Crippen LogP contribution in [-0.2, 0) is 9.53 Å². The average Bonchev–Trinajstić information content (AvgIpc) is 2.86. The van der Waals surface area contributed by atoms with Crippen LogP contribution in [0.15, 0.2) is 5.38 Å². The highest BCUT2D eigenvalue weighted by atomic mass is 32.1. The number of amides is 1. The van der Waals surface area contributed by atoms with Crippen molar-refractivity contribution in [3.63, 3.8) is 0 Å². The van der Waals surface area contributed by atoms with E-state index in [0.29, 0.717) is 11.7 Å². The number of nitrogens with zero attached hydrogens (tertiary/aromatic N) is 1. The van der Waals surface area contributed by atoms with Crippen molar-refractivity contribution in [2.45, 2.75) is 32.4 Å². The van der Waals surface area contributed by atoms with Crippen molar-refractivity contribution in [2.75, 3.05) is 11.9 Å². The maximum absolute atomic E-state index is 11.9. The highest BCUT2D eigenvalue weighted by Gasteiger charge is 2.28. The maximum atomic E-state index is 11.9. The first kappa shape index (κ1) is 12.5. The Labute approximate surface area is 104 Å². The van der Waals surface area contributed by atoms with E-state index in [0.717, 1.165) is 12.1 Å². The molecule has 3 unspecified atom stereocenters. The molecule has 1 aromatic heterocycles. The van der Waals surface area contributed by atoms with Crippen molar-refractivity contribution in [2.24, 2.45) is 11.7 Å². The van der Waals surface area contributed by atoms with Crippen molar-refractivity contribution in [1.29, 1.82) is 0 Å². The van der Waals surface area contributed by atoms with Crippen LogP contribution in [0.2, 0.25) is 0 Å². The number of hydrogen-bond donors (Lipinski definition) is 2. The molecule has 1 fully saturated rings. The van der Waals surface area contributed by atoms with Crippen molar-refractivity contribution in [3.05, 3.63) is 11.1 Å². The molecule has 17 heavy (non-hydrogen) atoms. The lowest BCUT2D eigenvalue weighted by molar-refractivity contribution is -0.119. The monoisotopic (exact) mass is 255 g/mol. The third kappa shape index (κ3) is 3.02. The summed E-state index contributed by atoms with van der Waals surface area (Å²) in [5.74, 6) is -0.0763. The van der Waals surface area contributed by atoms with Crippen molar-refractivity contribution in [3.8, 4) is 0 Å². The standard InChI is InChI=1S/C11H17N3O2S/c1-6-3-8(4-16-6)10(15)14-11-13-9(5-17-11)7(2)12/h5-8H,3-4,12H2,1-2H3,(H,13,14,15). The zero-order valence-electron chi connectivity index (χ0n) is 9.97. The van der Waals surface area contributed by atoms with Gasteiger partial charge in [0.2, 0.25) is 5.91 Å². The molecule has 6 heteroatoms. The predicted octanol–water partition coefficient (Wildman–Crippen LogP) is 1.53. The Bertz CT molecular complexity index is 405. The maximum Gasteiger partial charge on any atom is 0.231 e. The third-order valence-corrected chi connectivity index (χ3v) is 3.56. The molecule has 94 valence electrons. The van der Waals surface area contributed by atoms with Crippen molar-refractivity contribution >= 4 is 22.4 Å². The van der Waals surface area contributed by atoms with E-state index in [9.17, 15) is 4.79 Å². The van der Waals surface area contributed by atoms with E-state index in [4.69, 9.17) is 10.5 Å². The summed E-state index contributed by atoms with van der Waals surface area (Å²) in [6.07, 6.45) is 0.943. The van der Waals surface area contributed by atoms with Gasteiger partial charge in [0.1, 0.15) is 0 Å². The number of carbonyl (C=O) groups is 1. The Balaban J connectivity index is 1.93. The highest BCUT2D eigenvalue weighted by Crippen LogP contribution is 2.23. The number of nitrogens with one attached hydrogen (secondary N) is 1. The molecule has 1 aliphatic heterocycles. The van der Waals surface area contributed by atoms with E-state index in [1.165, 1.54) is 11.3 Å². The van der Waals surface area contributed by atoms with Gasteiger partial charge in [0.25, 0.3) is 0 Å². The zero-order valence-corrected chi connectivity index (χ0v) is 10.8. The fourth-order valence-electron chi connectivity index (χ4n) is 1.76. The molecule has 2 heterocycles. The van der Waals surface area contributed by atoms with Gasteiger partial charge in [-0.25, -0.2) is 4.98 Å². The average molecular weight is 255 g/mol. The second-order valence-electron chi connectivity index (χ2n) is 4.43. The molecule has 0 saturated carbocycles. The lowest BCUT2D eigenvalue weighted by Crippen LogP contribution is -2.23. The van der Waals surface area contributed by atoms with Gasteiger partial charge in [0.15, 0.2) is 5.13 Å².